The Hall–Kier alpha value is -2.05. The smallest absolute Gasteiger partial charge is 0.416 e. The Labute approximate surface area is 144 Å². The number of aliphatic carboxylic acids is 1. The first-order chi connectivity index (χ1) is 11.6. The van der Waals surface area contributed by atoms with Crippen molar-refractivity contribution in [1.29, 1.82) is 0 Å². The fraction of sp³-hybridized carbons (Fsp3) is 0.556. The normalized spacial score (nSPS) is 17.0. The molecule has 1 aliphatic rings. The second kappa shape index (κ2) is 7.45. The number of benzene rings is 1. The first-order valence-electron chi connectivity index (χ1n) is 8.29. The molecule has 0 saturated heterocycles. The summed E-state index contributed by atoms with van der Waals surface area (Å²) in [5, 5.41) is 9.05. The maximum Gasteiger partial charge on any atom is 0.416 e. The highest BCUT2D eigenvalue weighted by atomic mass is 19.4. The second-order valence-electron chi connectivity index (χ2n) is 6.76. The number of carboxylic acids is 1. The molecular weight excluding hydrogens is 335 g/mol. The van der Waals surface area contributed by atoms with Gasteiger partial charge in [0.25, 0.3) is 0 Å². The number of hydrogen-bond acceptors (Lipinski definition) is 2. The summed E-state index contributed by atoms with van der Waals surface area (Å²) in [6, 6.07) is 4.88. The quantitative estimate of drug-likeness (QED) is 0.811. The zero-order valence-corrected chi connectivity index (χ0v) is 14.2. The minimum atomic E-state index is -4.38. The van der Waals surface area contributed by atoms with Crippen molar-refractivity contribution in [3.05, 3.63) is 35.4 Å². The SMILES string of the molecule is CC(CN(C(=O)C(C)Cc1ccc(C(F)(F)F)cc1)C1CC1)C(=O)O. The second-order valence-corrected chi connectivity index (χ2v) is 6.76. The Morgan fingerprint density at radius 3 is 2.16 bits per heavy atom. The third kappa shape index (κ3) is 5.21. The molecule has 1 amide bonds. The lowest BCUT2D eigenvalue weighted by Crippen LogP contribution is -2.41. The molecule has 0 heterocycles. The van der Waals surface area contributed by atoms with Crippen molar-refractivity contribution >= 4 is 11.9 Å². The van der Waals surface area contributed by atoms with Gasteiger partial charge in [0, 0.05) is 18.5 Å². The molecule has 25 heavy (non-hydrogen) atoms. The number of amides is 1. The highest BCUT2D eigenvalue weighted by Crippen LogP contribution is 2.31. The summed E-state index contributed by atoms with van der Waals surface area (Å²) in [5.74, 6) is -2.16. The van der Waals surface area contributed by atoms with Gasteiger partial charge in [-0.25, -0.2) is 0 Å². The predicted octanol–water partition coefficient (Wildman–Crippen LogP) is 3.60. The van der Waals surface area contributed by atoms with E-state index in [-0.39, 0.29) is 18.5 Å². The van der Waals surface area contributed by atoms with Crippen molar-refractivity contribution < 1.29 is 27.9 Å². The van der Waals surface area contributed by atoms with Gasteiger partial charge in [-0.15, -0.1) is 0 Å². The molecule has 1 aromatic carbocycles. The van der Waals surface area contributed by atoms with Gasteiger partial charge >= 0.3 is 12.1 Å². The maximum atomic E-state index is 12.7. The van der Waals surface area contributed by atoms with E-state index in [1.165, 1.54) is 12.1 Å². The van der Waals surface area contributed by atoms with Crippen molar-refractivity contribution in [1.82, 2.24) is 4.90 Å². The van der Waals surface area contributed by atoms with E-state index >= 15 is 0 Å². The predicted molar refractivity (Wildman–Crippen MR) is 85.8 cm³/mol. The van der Waals surface area contributed by atoms with Crippen LogP contribution in [0, 0.1) is 11.8 Å². The van der Waals surface area contributed by atoms with Gasteiger partial charge in [0.2, 0.25) is 5.91 Å². The number of nitrogens with zero attached hydrogens (tertiary/aromatic N) is 1. The zero-order valence-electron chi connectivity index (χ0n) is 14.2. The number of carbonyl (C=O) groups is 2. The van der Waals surface area contributed by atoms with Crippen LogP contribution in [0.4, 0.5) is 13.2 Å². The average Bonchev–Trinajstić information content (AvgIpc) is 3.35. The summed E-state index contributed by atoms with van der Waals surface area (Å²) in [5.41, 5.74) is -0.0685. The van der Waals surface area contributed by atoms with Crippen molar-refractivity contribution in [3.8, 4) is 0 Å². The molecule has 0 radical (unpaired) electrons. The van der Waals surface area contributed by atoms with Crippen LogP contribution in [0.1, 0.15) is 37.8 Å². The summed E-state index contributed by atoms with van der Waals surface area (Å²) >= 11 is 0. The summed E-state index contributed by atoms with van der Waals surface area (Å²) in [6.07, 6.45) is -2.33. The molecule has 1 saturated carbocycles. The molecule has 2 rings (SSSR count). The fourth-order valence-electron chi connectivity index (χ4n) is 2.73. The Balaban J connectivity index is 2.01. The van der Waals surface area contributed by atoms with Crippen LogP contribution in [0.2, 0.25) is 0 Å². The van der Waals surface area contributed by atoms with Gasteiger partial charge in [0.15, 0.2) is 0 Å². The van der Waals surface area contributed by atoms with Crippen molar-refractivity contribution in [2.24, 2.45) is 11.8 Å². The Kier molecular flexibility index (Phi) is 5.75. The van der Waals surface area contributed by atoms with Crippen LogP contribution in [0.3, 0.4) is 0 Å². The van der Waals surface area contributed by atoms with Crippen molar-refractivity contribution in [2.75, 3.05) is 6.54 Å². The number of carbonyl (C=O) groups excluding carboxylic acids is 1. The monoisotopic (exact) mass is 357 g/mol. The van der Waals surface area contributed by atoms with Crippen LogP contribution in [0.15, 0.2) is 24.3 Å². The maximum absolute atomic E-state index is 12.7. The molecular formula is C18H22F3NO3. The third-order valence-corrected chi connectivity index (χ3v) is 4.41. The molecule has 0 aliphatic heterocycles. The molecule has 1 fully saturated rings. The van der Waals surface area contributed by atoms with E-state index in [0.717, 1.165) is 25.0 Å². The standard InChI is InChI=1S/C18H22F3NO3/c1-11(9-13-3-5-14(6-4-13)18(19,20)21)16(23)22(15-7-8-15)10-12(2)17(24)25/h3-6,11-12,15H,7-10H2,1-2H3,(H,24,25). The van der Waals surface area contributed by atoms with Crippen molar-refractivity contribution in [3.63, 3.8) is 0 Å². The number of halogens is 3. The first-order valence-corrected chi connectivity index (χ1v) is 8.29. The van der Waals surface area contributed by atoms with Gasteiger partial charge in [0.05, 0.1) is 11.5 Å². The van der Waals surface area contributed by atoms with E-state index < -0.39 is 29.5 Å². The summed E-state index contributed by atoms with van der Waals surface area (Å²) < 4.78 is 37.8. The highest BCUT2D eigenvalue weighted by Gasteiger charge is 2.36. The van der Waals surface area contributed by atoms with Gasteiger partial charge < -0.3 is 10.0 Å². The molecule has 4 nitrogen and oxygen atoms in total. The van der Waals surface area contributed by atoms with Gasteiger partial charge in [0.1, 0.15) is 0 Å². The van der Waals surface area contributed by atoms with E-state index in [1.54, 1.807) is 18.7 Å². The third-order valence-electron chi connectivity index (χ3n) is 4.41. The van der Waals surface area contributed by atoms with Crippen LogP contribution in [-0.2, 0) is 22.2 Å². The largest absolute Gasteiger partial charge is 0.481 e. The molecule has 2 atom stereocenters. The summed E-state index contributed by atoms with van der Waals surface area (Å²) in [7, 11) is 0. The average molecular weight is 357 g/mol. The van der Waals surface area contributed by atoms with Gasteiger partial charge in [-0.1, -0.05) is 26.0 Å². The molecule has 138 valence electrons. The van der Waals surface area contributed by atoms with Gasteiger partial charge in [-0.3, -0.25) is 9.59 Å². The van der Waals surface area contributed by atoms with Crippen LogP contribution >= 0.6 is 0 Å². The van der Waals surface area contributed by atoms with Crippen molar-refractivity contribution in [2.45, 2.75) is 45.3 Å². The minimum absolute atomic E-state index is 0.0874. The summed E-state index contributed by atoms with van der Waals surface area (Å²) in [6.45, 7) is 3.45. The Bertz CT molecular complexity index is 623. The number of rotatable bonds is 7. The van der Waals surface area contributed by atoms with Gasteiger partial charge in [-0.2, -0.15) is 13.2 Å². The molecule has 0 aromatic heterocycles. The van der Waals surface area contributed by atoms with Crippen LogP contribution < -0.4 is 0 Å². The molecule has 0 bridgehead atoms. The van der Waals surface area contributed by atoms with Crippen LogP contribution in [0.5, 0.6) is 0 Å². The van der Waals surface area contributed by atoms with Gasteiger partial charge in [-0.05, 0) is 37.0 Å². The molecule has 0 spiro atoms. The lowest BCUT2D eigenvalue weighted by Gasteiger charge is -2.27. The molecule has 7 heteroatoms. The number of carboxylic acid groups (broad SMARTS) is 1. The lowest BCUT2D eigenvalue weighted by molar-refractivity contribution is -0.144. The van der Waals surface area contributed by atoms with E-state index in [4.69, 9.17) is 5.11 Å². The zero-order chi connectivity index (χ0) is 18.8. The lowest BCUT2D eigenvalue weighted by atomic mass is 9.98. The summed E-state index contributed by atoms with van der Waals surface area (Å²) in [4.78, 5) is 25.3. The Morgan fingerprint density at radius 2 is 1.72 bits per heavy atom. The van der Waals surface area contributed by atoms with Crippen LogP contribution in [0.25, 0.3) is 0 Å². The molecule has 1 aromatic rings. The minimum Gasteiger partial charge on any atom is -0.481 e. The first kappa shape index (κ1) is 19.3. The Morgan fingerprint density at radius 1 is 1.16 bits per heavy atom. The van der Waals surface area contributed by atoms with E-state index in [9.17, 15) is 22.8 Å². The topological polar surface area (TPSA) is 57.6 Å². The molecule has 2 unspecified atom stereocenters. The van der Waals surface area contributed by atoms with E-state index in [2.05, 4.69) is 0 Å². The molecule has 1 aliphatic carbocycles. The number of alkyl halides is 3. The fourth-order valence-corrected chi connectivity index (χ4v) is 2.73. The van der Waals surface area contributed by atoms with E-state index in [0.29, 0.717) is 12.0 Å². The highest BCUT2D eigenvalue weighted by molar-refractivity contribution is 5.80. The van der Waals surface area contributed by atoms with Crippen LogP contribution in [-0.4, -0.2) is 34.5 Å². The molecule has 1 N–H and O–H groups in total. The number of hydrogen-bond donors (Lipinski definition) is 1. The van der Waals surface area contributed by atoms with E-state index in [1.807, 2.05) is 0 Å².